The number of esters is 1. The second-order valence-electron chi connectivity index (χ2n) is 6.17. The Balaban J connectivity index is 1.50. The Hall–Kier alpha value is -1.70. The molecule has 8 heteroatoms. The normalized spacial score (nSPS) is 24.5. The third-order valence-electron chi connectivity index (χ3n) is 4.26. The molecule has 2 fully saturated rings. The van der Waals surface area contributed by atoms with Crippen LogP contribution >= 0.6 is 11.3 Å². The standard InChI is InChI=1S/C14H20N4O3S/c1-3-21-11(19)10-17-18-13(22-10)15-12(20)16-14(4-5-14)7-9-6-8(9)2/h8-9H,3-7H2,1-2H3,(H2,15,16,18,20)/t8-,9?/m0/s1. The first-order chi connectivity index (χ1) is 10.5. The Kier molecular flexibility index (Phi) is 4.03. The summed E-state index contributed by atoms with van der Waals surface area (Å²) in [6, 6.07) is -0.280. The summed E-state index contributed by atoms with van der Waals surface area (Å²) in [5.74, 6) is 1.02. The summed E-state index contributed by atoms with van der Waals surface area (Å²) in [7, 11) is 0. The highest BCUT2D eigenvalue weighted by atomic mass is 32.1. The van der Waals surface area contributed by atoms with Gasteiger partial charge < -0.3 is 10.1 Å². The number of anilines is 1. The molecule has 0 radical (unpaired) electrons. The summed E-state index contributed by atoms with van der Waals surface area (Å²) >= 11 is 1.01. The van der Waals surface area contributed by atoms with Gasteiger partial charge in [0, 0.05) is 5.54 Å². The van der Waals surface area contributed by atoms with Crippen LogP contribution in [0.4, 0.5) is 9.93 Å². The predicted molar refractivity (Wildman–Crippen MR) is 81.9 cm³/mol. The molecule has 2 aliphatic carbocycles. The minimum atomic E-state index is -0.519. The maximum Gasteiger partial charge on any atom is 0.369 e. The number of aromatic nitrogens is 2. The van der Waals surface area contributed by atoms with E-state index in [0.717, 1.165) is 42.4 Å². The SMILES string of the molecule is CCOC(=O)c1nnc(NC(=O)NC2(CC3C[C@@H]3C)CC2)s1. The number of hydrogen-bond acceptors (Lipinski definition) is 6. The molecule has 0 aliphatic heterocycles. The fourth-order valence-electron chi connectivity index (χ4n) is 2.63. The molecule has 0 aromatic carbocycles. The first kappa shape index (κ1) is 15.2. The lowest BCUT2D eigenvalue weighted by molar-refractivity contribution is 0.0525. The maximum absolute atomic E-state index is 12.1. The van der Waals surface area contributed by atoms with Gasteiger partial charge in [-0.15, -0.1) is 10.2 Å². The van der Waals surface area contributed by atoms with Crippen molar-refractivity contribution in [3.63, 3.8) is 0 Å². The van der Waals surface area contributed by atoms with Gasteiger partial charge in [-0.05, 0) is 44.4 Å². The van der Waals surface area contributed by atoms with E-state index in [4.69, 9.17) is 4.74 Å². The zero-order valence-electron chi connectivity index (χ0n) is 12.7. The van der Waals surface area contributed by atoms with Gasteiger partial charge in [0.25, 0.3) is 0 Å². The summed E-state index contributed by atoms with van der Waals surface area (Å²) in [5, 5.41) is 13.6. The van der Waals surface area contributed by atoms with Crippen LogP contribution in [-0.4, -0.2) is 34.3 Å². The summed E-state index contributed by atoms with van der Waals surface area (Å²) in [4.78, 5) is 23.6. The quantitative estimate of drug-likeness (QED) is 0.784. The number of amides is 2. The molecule has 120 valence electrons. The van der Waals surface area contributed by atoms with Gasteiger partial charge in [0.05, 0.1) is 6.61 Å². The van der Waals surface area contributed by atoms with E-state index in [-0.39, 0.29) is 23.2 Å². The van der Waals surface area contributed by atoms with Crippen LogP contribution in [0.15, 0.2) is 0 Å². The van der Waals surface area contributed by atoms with E-state index in [1.807, 2.05) is 0 Å². The summed E-state index contributed by atoms with van der Waals surface area (Å²) < 4.78 is 4.84. The molecule has 3 rings (SSSR count). The number of nitrogens with one attached hydrogen (secondary N) is 2. The molecule has 1 heterocycles. The molecule has 0 saturated heterocycles. The van der Waals surface area contributed by atoms with Crippen LogP contribution in [0.25, 0.3) is 0 Å². The average molecular weight is 324 g/mol. The van der Waals surface area contributed by atoms with Gasteiger partial charge >= 0.3 is 12.0 Å². The second kappa shape index (κ2) is 5.83. The Morgan fingerprint density at radius 1 is 1.41 bits per heavy atom. The van der Waals surface area contributed by atoms with E-state index in [0.29, 0.717) is 5.13 Å². The number of urea groups is 1. The Morgan fingerprint density at radius 3 is 2.73 bits per heavy atom. The molecular formula is C14H20N4O3S. The highest BCUT2D eigenvalue weighted by molar-refractivity contribution is 7.17. The summed E-state index contributed by atoms with van der Waals surface area (Å²) in [6.07, 6.45) is 4.40. The first-order valence-electron chi connectivity index (χ1n) is 7.61. The van der Waals surface area contributed by atoms with E-state index in [1.54, 1.807) is 6.92 Å². The molecule has 0 spiro atoms. The van der Waals surface area contributed by atoms with E-state index >= 15 is 0 Å². The average Bonchev–Trinajstić information content (AvgIpc) is 3.30. The number of hydrogen-bond donors (Lipinski definition) is 2. The van der Waals surface area contributed by atoms with Crippen molar-refractivity contribution in [3.05, 3.63) is 5.01 Å². The first-order valence-corrected chi connectivity index (χ1v) is 8.43. The van der Waals surface area contributed by atoms with E-state index in [1.165, 1.54) is 6.42 Å². The zero-order valence-corrected chi connectivity index (χ0v) is 13.5. The van der Waals surface area contributed by atoms with Gasteiger partial charge in [-0.1, -0.05) is 18.3 Å². The van der Waals surface area contributed by atoms with Gasteiger partial charge in [0.2, 0.25) is 10.1 Å². The molecule has 7 nitrogen and oxygen atoms in total. The van der Waals surface area contributed by atoms with Gasteiger partial charge in [0.1, 0.15) is 0 Å². The minimum Gasteiger partial charge on any atom is -0.461 e. The highest BCUT2D eigenvalue weighted by Crippen LogP contribution is 2.50. The van der Waals surface area contributed by atoms with E-state index < -0.39 is 5.97 Å². The van der Waals surface area contributed by atoms with Crippen LogP contribution in [0, 0.1) is 11.8 Å². The molecule has 1 aromatic heterocycles. The Labute approximate surface area is 132 Å². The number of rotatable bonds is 6. The second-order valence-corrected chi connectivity index (χ2v) is 7.15. The molecule has 1 unspecified atom stereocenters. The summed E-state index contributed by atoms with van der Waals surface area (Å²) in [5.41, 5.74) is -0.0336. The van der Waals surface area contributed by atoms with Crippen LogP contribution in [0.2, 0.25) is 0 Å². The van der Waals surface area contributed by atoms with Crippen LogP contribution in [0.1, 0.15) is 49.3 Å². The maximum atomic E-state index is 12.1. The summed E-state index contributed by atoms with van der Waals surface area (Å²) in [6.45, 7) is 4.25. The third-order valence-corrected chi connectivity index (χ3v) is 5.08. The fourth-order valence-corrected chi connectivity index (χ4v) is 3.27. The van der Waals surface area contributed by atoms with Crippen LogP contribution in [-0.2, 0) is 4.74 Å². The topological polar surface area (TPSA) is 93.2 Å². The van der Waals surface area contributed by atoms with Gasteiger partial charge in [-0.25, -0.2) is 9.59 Å². The Bertz CT molecular complexity index is 584. The van der Waals surface area contributed by atoms with Crippen LogP contribution in [0.3, 0.4) is 0 Å². The zero-order chi connectivity index (χ0) is 15.7. The van der Waals surface area contributed by atoms with Crippen molar-refractivity contribution in [1.29, 1.82) is 0 Å². The fraction of sp³-hybridized carbons (Fsp3) is 0.714. The molecule has 0 bridgehead atoms. The number of nitrogens with zero attached hydrogens (tertiary/aromatic N) is 2. The van der Waals surface area contributed by atoms with Gasteiger partial charge in [0.15, 0.2) is 0 Å². The van der Waals surface area contributed by atoms with Crippen LogP contribution < -0.4 is 10.6 Å². The number of carbonyl (C=O) groups excluding carboxylic acids is 2. The van der Waals surface area contributed by atoms with Crippen molar-refractivity contribution in [1.82, 2.24) is 15.5 Å². The van der Waals surface area contributed by atoms with Crippen molar-refractivity contribution in [2.45, 2.75) is 45.1 Å². The van der Waals surface area contributed by atoms with Crippen molar-refractivity contribution in [2.75, 3.05) is 11.9 Å². The van der Waals surface area contributed by atoms with E-state index in [2.05, 4.69) is 27.8 Å². The number of ether oxygens (including phenoxy) is 1. The highest BCUT2D eigenvalue weighted by Gasteiger charge is 2.49. The van der Waals surface area contributed by atoms with Crippen molar-refractivity contribution in [2.24, 2.45) is 11.8 Å². The Morgan fingerprint density at radius 2 is 2.14 bits per heavy atom. The molecule has 2 saturated carbocycles. The lowest BCUT2D eigenvalue weighted by atomic mass is 10.1. The van der Waals surface area contributed by atoms with Gasteiger partial charge in [-0.2, -0.15) is 0 Å². The molecule has 2 aliphatic rings. The minimum absolute atomic E-state index is 0.0336. The lowest BCUT2D eigenvalue weighted by Gasteiger charge is -2.17. The monoisotopic (exact) mass is 324 g/mol. The smallest absolute Gasteiger partial charge is 0.369 e. The number of carbonyl (C=O) groups is 2. The van der Waals surface area contributed by atoms with Gasteiger partial charge in [-0.3, -0.25) is 5.32 Å². The molecule has 2 amide bonds. The lowest BCUT2D eigenvalue weighted by Crippen LogP contribution is -2.40. The van der Waals surface area contributed by atoms with Crippen molar-refractivity contribution < 1.29 is 14.3 Å². The van der Waals surface area contributed by atoms with Crippen LogP contribution in [0.5, 0.6) is 0 Å². The molecule has 1 aromatic rings. The molecule has 2 atom stereocenters. The molecular weight excluding hydrogens is 304 g/mol. The van der Waals surface area contributed by atoms with E-state index in [9.17, 15) is 9.59 Å². The van der Waals surface area contributed by atoms with Crippen molar-refractivity contribution >= 4 is 28.5 Å². The molecule has 2 N–H and O–H groups in total. The third kappa shape index (κ3) is 3.55. The van der Waals surface area contributed by atoms with Crippen molar-refractivity contribution in [3.8, 4) is 0 Å². The predicted octanol–water partition coefficient (Wildman–Crippen LogP) is 2.42. The molecule has 22 heavy (non-hydrogen) atoms. The largest absolute Gasteiger partial charge is 0.461 e.